The van der Waals surface area contributed by atoms with Crippen LogP contribution in [0.2, 0.25) is 0 Å². The van der Waals surface area contributed by atoms with Crippen LogP contribution in [0.5, 0.6) is 0 Å². The van der Waals surface area contributed by atoms with Gasteiger partial charge < -0.3 is 19.7 Å². The van der Waals surface area contributed by atoms with E-state index in [1.165, 1.54) is 17.7 Å². The molecule has 1 saturated heterocycles. The van der Waals surface area contributed by atoms with Gasteiger partial charge in [-0.2, -0.15) is 0 Å². The Morgan fingerprint density at radius 3 is 2.29 bits per heavy atom. The van der Waals surface area contributed by atoms with E-state index in [1.54, 1.807) is 0 Å². The molecular weight excluding hydrogens is 377 g/mol. The molecule has 0 spiro atoms. The van der Waals surface area contributed by atoms with Gasteiger partial charge in [-0.1, -0.05) is 26.0 Å². The molecule has 0 N–H and O–H groups in total. The summed E-state index contributed by atoms with van der Waals surface area (Å²) >= 11 is 0. The maximum Gasteiger partial charge on any atom is 1.00 e. The van der Waals surface area contributed by atoms with E-state index in [9.17, 15) is 0 Å². The second kappa shape index (κ2) is 16.2. The topological polar surface area (TPSA) is 39.0 Å². The van der Waals surface area contributed by atoms with Crippen LogP contribution < -0.4 is 56.3 Å². The van der Waals surface area contributed by atoms with E-state index < -0.39 is 0 Å². The zero-order valence-electron chi connectivity index (χ0n) is 18.5. The van der Waals surface area contributed by atoms with Crippen molar-refractivity contribution >= 4 is 5.69 Å². The molecule has 2 rings (SSSR count). The summed E-state index contributed by atoms with van der Waals surface area (Å²) in [5, 5.41) is 4.41. The number of likely N-dealkylation sites (N-methyl/N-ethyl adjacent to an activating group) is 1. The van der Waals surface area contributed by atoms with Crippen molar-refractivity contribution in [1.29, 1.82) is 0 Å². The molecule has 1 fully saturated rings. The molecule has 0 unspecified atom stereocenters. The van der Waals surface area contributed by atoms with Gasteiger partial charge in [0.2, 0.25) is 0 Å². The quantitative estimate of drug-likeness (QED) is 0.353. The van der Waals surface area contributed by atoms with Crippen molar-refractivity contribution in [2.75, 3.05) is 71.1 Å². The van der Waals surface area contributed by atoms with E-state index in [2.05, 4.69) is 60.3 Å². The summed E-state index contributed by atoms with van der Waals surface area (Å²) in [4.78, 5) is 4.72. The number of benzene rings is 1. The van der Waals surface area contributed by atoms with Gasteiger partial charge in [-0.3, -0.25) is 4.90 Å². The third-order valence-electron chi connectivity index (χ3n) is 4.87. The Morgan fingerprint density at radius 2 is 1.64 bits per heavy atom. The van der Waals surface area contributed by atoms with Gasteiger partial charge in [-0.25, -0.2) is 0 Å². The van der Waals surface area contributed by atoms with Gasteiger partial charge in [0.1, 0.15) is 0 Å². The summed E-state index contributed by atoms with van der Waals surface area (Å²) in [5.74, 6) is 0.761. The molecule has 6 heteroatoms. The number of ether oxygens (including phenoxy) is 2. The molecule has 5 nitrogen and oxygen atoms in total. The largest absolute Gasteiger partial charge is 1.00 e. The van der Waals surface area contributed by atoms with Gasteiger partial charge in [-0.05, 0) is 56.6 Å². The van der Waals surface area contributed by atoms with Crippen LogP contribution in [0.1, 0.15) is 32.3 Å². The zero-order chi connectivity index (χ0) is 19.3. The van der Waals surface area contributed by atoms with E-state index in [1.807, 2.05) is 0 Å². The van der Waals surface area contributed by atoms with Crippen molar-refractivity contribution in [3.63, 3.8) is 0 Å². The van der Waals surface area contributed by atoms with E-state index in [-0.39, 0.29) is 51.4 Å². The molecule has 0 atom stereocenters. The van der Waals surface area contributed by atoms with Crippen molar-refractivity contribution in [2.45, 2.75) is 33.2 Å². The number of hydrogen-bond donors (Lipinski definition) is 0. The predicted molar refractivity (Wildman–Crippen MR) is 114 cm³/mol. The Hall–Kier alpha value is 0.496. The molecule has 1 aliphatic rings. The average molecular weight is 416 g/mol. The molecule has 0 bridgehead atoms. The molecule has 1 aliphatic heterocycles. The summed E-state index contributed by atoms with van der Waals surface area (Å²) in [6.45, 7) is 13.4. The first-order valence-electron chi connectivity index (χ1n) is 10.5. The minimum Gasteiger partial charge on any atom is -0.659 e. The first kappa shape index (κ1) is 26.5. The van der Waals surface area contributed by atoms with Crippen molar-refractivity contribution < 1.29 is 60.9 Å². The first-order chi connectivity index (χ1) is 13.1. The third kappa shape index (κ3) is 11.6. The van der Waals surface area contributed by atoms with Gasteiger partial charge in [0.15, 0.2) is 0 Å². The molecule has 1 aromatic rings. The molecule has 0 amide bonds. The molecule has 1 heterocycles. The normalized spacial score (nSPS) is 14.5. The van der Waals surface area contributed by atoms with Gasteiger partial charge in [0, 0.05) is 25.4 Å². The van der Waals surface area contributed by atoms with Crippen molar-refractivity contribution in [1.82, 2.24) is 4.90 Å². The van der Waals surface area contributed by atoms with Crippen LogP contribution in [0.25, 0.3) is 5.32 Å². The molecule has 0 radical (unpaired) electrons. The molecule has 0 aliphatic carbocycles. The molecule has 28 heavy (non-hydrogen) atoms. The standard InChI is InChI=1S/C22H38N3O2.K/c1-20(2)5-4-15-26-17-18-27-16-14-24(3)19-21-6-8-22(9-7-21)25-12-10-23-11-13-25;/h6-9,20H,4-5,10-19H2,1-3H3;/q-1;+1. The molecule has 1 aromatic carbocycles. The van der Waals surface area contributed by atoms with Crippen LogP contribution in [-0.4, -0.2) is 71.1 Å². The summed E-state index contributed by atoms with van der Waals surface area (Å²) in [6, 6.07) is 8.95. The van der Waals surface area contributed by atoms with Crippen LogP contribution in [0.4, 0.5) is 5.69 Å². The Kier molecular flexibility index (Phi) is 15.4. The molecule has 0 aromatic heterocycles. The van der Waals surface area contributed by atoms with Crippen molar-refractivity contribution in [2.24, 2.45) is 5.92 Å². The summed E-state index contributed by atoms with van der Waals surface area (Å²) in [6.07, 6.45) is 2.38. The van der Waals surface area contributed by atoms with Crippen molar-refractivity contribution in [3.8, 4) is 0 Å². The first-order valence-corrected chi connectivity index (χ1v) is 10.5. The molecular formula is C22H38KN3O2. The Labute approximate surface area is 214 Å². The van der Waals surface area contributed by atoms with E-state index in [0.29, 0.717) is 13.2 Å². The summed E-state index contributed by atoms with van der Waals surface area (Å²) < 4.78 is 11.3. The Morgan fingerprint density at radius 1 is 1.00 bits per heavy atom. The van der Waals surface area contributed by atoms with Crippen LogP contribution >= 0.6 is 0 Å². The molecule has 0 saturated carbocycles. The number of nitrogens with zero attached hydrogens (tertiary/aromatic N) is 3. The Bertz CT molecular complexity index is 493. The summed E-state index contributed by atoms with van der Waals surface area (Å²) in [7, 11) is 2.14. The van der Waals surface area contributed by atoms with E-state index in [0.717, 1.165) is 64.8 Å². The second-order valence-corrected chi connectivity index (χ2v) is 7.82. The smallest absolute Gasteiger partial charge is 0.659 e. The van der Waals surface area contributed by atoms with Crippen LogP contribution in [-0.2, 0) is 16.0 Å². The maximum absolute atomic E-state index is 5.69. The number of anilines is 1. The fourth-order valence-electron chi connectivity index (χ4n) is 3.20. The fraction of sp³-hybridized carbons (Fsp3) is 0.727. The SMILES string of the molecule is CC(C)CCCOCCOCCN(C)Cc1ccc(N2CC[N-]CC2)cc1.[K+]. The minimum absolute atomic E-state index is 0. The average Bonchev–Trinajstić information content (AvgIpc) is 2.68. The van der Waals surface area contributed by atoms with Gasteiger partial charge >= 0.3 is 51.4 Å². The number of piperazine rings is 1. The van der Waals surface area contributed by atoms with Crippen molar-refractivity contribution in [3.05, 3.63) is 35.1 Å². The Balaban J connectivity index is 0.00000392. The van der Waals surface area contributed by atoms with Gasteiger partial charge in [0.05, 0.1) is 19.8 Å². The number of rotatable bonds is 13. The van der Waals surface area contributed by atoms with Crippen LogP contribution in [0.3, 0.4) is 0 Å². The van der Waals surface area contributed by atoms with Gasteiger partial charge in [-0.15, -0.1) is 13.1 Å². The minimum atomic E-state index is 0. The summed E-state index contributed by atoms with van der Waals surface area (Å²) in [5.41, 5.74) is 2.66. The van der Waals surface area contributed by atoms with Crippen LogP contribution in [0, 0.1) is 5.92 Å². The van der Waals surface area contributed by atoms with Gasteiger partial charge in [0.25, 0.3) is 0 Å². The predicted octanol–water partition coefficient (Wildman–Crippen LogP) is 0.786. The maximum atomic E-state index is 5.69. The van der Waals surface area contributed by atoms with E-state index >= 15 is 0 Å². The number of hydrogen-bond acceptors (Lipinski definition) is 4. The second-order valence-electron chi connectivity index (χ2n) is 7.82. The third-order valence-corrected chi connectivity index (χ3v) is 4.87. The van der Waals surface area contributed by atoms with E-state index in [4.69, 9.17) is 9.47 Å². The zero-order valence-corrected chi connectivity index (χ0v) is 21.7. The van der Waals surface area contributed by atoms with Crippen LogP contribution in [0.15, 0.2) is 24.3 Å². The monoisotopic (exact) mass is 415 g/mol. The molecule has 154 valence electrons. The fourth-order valence-corrected chi connectivity index (χ4v) is 3.20.